The number of anilines is 1. The molecule has 0 spiro atoms. The quantitative estimate of drug-likeness (QED) is 0.556. The van der Waals surface area contributed by atoms with Gasteiger partial charge in [0.05, 0.1) is 22.7 Å². The monoisotopic (exact) mass is 622 g/mol. The van der Waals surface area contributed by atoms with E-state index in [1.165, 1.54) is 12.3 Å². The maximum absolute atomic E-state index is 13.2. The third kappa shape index (κ3) is 6.73. The number of imidazole rings is 1. The molecular formula is C26H32BrClN6O5. The summed E-state index contributed by atoms with van der Waals surface area (Å²) < 4.78 is 7.69. The van der Waals surface area contributed by atoms with Gasteiger partial charge in [-0.15, -0.1) is 0 Å². The van der Waals surface area contributed by atoms with Crippen molar-refractivity contribution in [1.29, 1.82) is 0 Å². The number of amides is 4. The highest BCUT2D eigenvalue weighted by Crippen LogP contribution is 2.25. The van der Waals surface area contributed by atoms with Gasteiger partial charge in [0.25, 0.3) is 11.8 Å². The standard InChI is InChI=1S/C26H32BrClN6O5/c1-26(2,3)39-25(38)34-8-7-16(15-34)23(36)32-9-11-33(12-10-32)24(37)18-6-5-17(13-19(18)28)30-22(35)21-29-14-20(27)31(21)4/h5-6,13-14,16H,7-12,15H2,1-4H3,(H,30,35)/t16-/m0/s1. The Kier molecular flexibility index (Phi) is 8.55. The molecule has 1 N–H and O–H groups in total. The predicted molar refractivity (Wildman–Crippen MR) is 149 cm³/mol. The number of aromatic nitrogens is 2. The van der Waals surface area contributed by atoms with E-state index in [1.54, 1.807) is 38.4 Å². The largest absolute Gasteiger partial charge is 0.444 e. The molecule has 2 saturated heterocycles. The van der Waals surface area contributed by atoms with E-state index < -0.39 is 17.6 Å². The molecule has 11 nitrogen and oxygen atoms in total. The molecule has 1 atom stereocenters. The van der Waals surface area contributed by atoms with Crippen LogP contribution in [0.25, 0.3) is 0 Å². The van der Waals surface area contributed by atoms with E-state index in [0.29, 0.717) is 61.5 Å². The summed E-state index contributed by atoms with van der Waals surface area (Å²) in [7, 11) is 1.71. The summed E-state index contributed by atoms with van der Waals surface area (Å²) in [5, 5.41) is 2.95. The van der Waals surface area contributed by atoms with E-state index in [-0.39, 0.29) is 28.6 Å². The second-order valence-corrected chi connectivity index (χ2v) is 11.9. The number of carbonyl (C=O) groups excluding carboxylic acids is 4. The summed E-state index contributed by atoms with van der Waals surface area (Å²) in [6, 6.07) is 4.72. The highest BCUT2D eigenvalue weighted by molar-refractivity contribution is 9.10. The van der Waals surface area contributed by atoms with Crippen molar-refractivity contribution < 1.29 is 23.9 Å². The number of halogens is 2. The Hall–Kier alpha value is -3.12. The number of benzene rings is 1. The molecule has 0 radical (unpaired) electrons. The predicted octanol–water partition coefficient (Wildman–Crippen LogP) is 3.63. The molecule has 0 unspecified atom stereocenters. The van der Waals surface area contributed by atoms with Gasteiger partial charge in [-0.2, -0.15) is 0 Å². The van der Waals surface area contributed by atoms with Gasteiger partial charge >= 0.3 is 6.09 Å². The van der Waals surface area contributed by atoms with Gasteiger partial charge in [-0.05, 0) is 61.3 Å². The van der Waals surface area contributed by atoms with Crippen LogP contribution in [0.1, 0.15) is 48.2 Å². The lowest BCUT2D eigenvalue weighted by Crippen LogP contribution is -2.52. The Morgan fingerprint density at radius 3 is 2.31 bits per heavy atom. The first-order valence-electron chi connectivity index (χ1n) is 12.7. The number of ether oxygens (including phenoxy) is 1. The van der Waals surface area contributed by atoms with Crippen molar-refractivity contribution in [3.8, 4) is 0 Å². The van der Waals surface area contributed by atoms with Gasteiger partial charge in [0.15, 0.2) is 5.82 Å². The van der Waals surface area contributed by atoms with E-state index in [4.69, 9.17) is 16.3 Å². The Bertz CT molecular complexity index is 1280. The molecule has 4 amide bonds. The van der Waals surface area contributed by atoms with E-state index in [2.05, 4.69) is 26.2 Å². The van der Waals surface area contributed by atoms with E-state index in [9.17, 15) is 19.2 Å². The molecule has 2 fully saturated rings. The fraction of sp³-hybridized carbons (Fsp3) is 0.500. The van der Waals surface area contributed by atoms with Crippen LogP contribution in [0.4, 0.5) is 10.5 Å². The third-order valence-electron chi connectivity index (χ3n) is 6.66. The normalized spacial score (nSPS) is 17.8. The molecule has 0 aliphatic carbocycles. The van der Waals surface area contributed by atoms with Gasteiger partial charge in [0, 0.05) is 52.0 Å². The number of nitrogens with one attached hydrogen (secondary N) is 1. The second kappa shape index (κ2) is 11.5. The van der Waals surface area contributed by atoms with Crippen molar-refractivity contribution in [3.05, 3.63) is 45.4 Å². The zero-order chi connectivity index (χ0) is 28.5. The summed E-state index contributed by atoms with van der Waals surface area (Å²) in [5.41, 5.74) is 0.169. The van der Waals surface area contributed by atoms with E-state index in [0.717, 1.165) is 0 Å². The molecule has 3 heterocycles. The summed E-state index contributed by atoms with van der Waals surface area (Å²) in [6.07, 6.45) is 1.72. The number of rotatable bonds is 4. The molecule has 4 rings (SSSR count). The zero-order valence-corrected chi connectivity index (χ0v) is 24.7. The molecule has 2 aliphatic heterocycles. The first-order chi connectivity index (χ1) is 18.3. The highest BCUT2D eigenvalue weighted by Gasteiger charge is 2.36. The van der Waals surface area contributed by atoms with Crippen LogP contribution in [-0.2, 0) is 16.6 Å². The highest BCUT2D eigenvalue weighted by atomic mass is 79.9. The minimum Gasteiger partial charge on any atom is -0.444 e. The van der Waals surface area contributed by atoms with Crippen LogP contribution in [0.2, 0.25) is 5.02 Å². The van der Waals surface area contributed by atoms with E-state index in [1.807, 2.05) is 20.8 Å². The van der Waals surface area contributed by atoms with Crippen molar-refractivity contribution in [3.63, 3.8) is 0 Å². The fourth-order valence-electron chi connectivity index (χ4n) is 4.57. The lowest BCUT2D eigenvalue weighted by Gasteiger charge is -2.36. The van der Waals surface area contributed by atoms with Gasteiger partial charge in [-0.3, -0.25) is 14.4 Å². The van der Waals surface area contributed by atoms with Crippen LogP contribution in [0.3, 0.4) is 0 Å². The Morgan fingerprint density at radius 2 is 1.72 bits per heavy atom. The van der Waals surface area contributed by atoms with Crippen molar-refractivity contribution in [2.45, 2.75) is 32.8 Å². The summed E-state index contributed by atoms with van der Waals surface area (Å²) in [4.78, 5) is 60.2. The average Bonchev–Trinajstić information content (AvgIpc) is 3.50. The molecule has 0 bridgehead atoms. The van der Waals surface area contributed by atoms with Gasteiger partial charge < -0.3 is 29.3 Å². The van der Waals surface area contributed by atoms with Crippen molar-refractivity contribution in [2.75, 3.05) is 44.6 Å². The molecule has 39 heavy (non-hydrogen) atoms. The summed E-state index contributed by atoms with van der Waals surface area (Å²) in [6.45, 7) is 7.80. The molecule has 210 valence electrons. The van der Waals surface area contributed by atoms with Crippen molar-refractivity contribution in [2.24, 2.45) is 13.0 Å². The minimum absolute atomic E-state index is 0.00831. The molecule has 1 aromatic heterocycles. The van der Waals surface area contributed by atoms with Gasteiger partial charge in [-0.25, -0.2) is 9.78 Å². The van der Waals surface area contributed by atoms with Crippen LogP contribution >= 0.6 is 27.5 Å². The van der Waals surface area contributed by atoms with Crippen LogP contribution in [0, 0.1) is 5.92 Å². The SMILES string of the molecule is Cn1c(Br)cnc1C(=O)Nc1ccc(C(=O)N2CCN(C(=O)[C@H]3CCN(C(=O)OC(C)(C)C)C3)CC2)c(Cl)c1. The van der Waals surface area contributed by atoms with Crippen molar-refractivity contribution in [1.82, 2.24) is 24.3 Å². The number of carbonyl (C=O) groups is 4. The number of hydrogen-bond acceptors (Lipinski definition) is 6. The number of hydrogen-bond donors (Lipinski definition) is 1. The number of likely N-dealkylation sites (tertiary alicyclic amines) is 1. The third-order valence-corrected chi connectivity index (χ3v) is 7.71. The number of nitrogens with zero attached hydrogens (tertiary/aromatic N) is 5. The molecule has 2 aromatic rings. The zero-order valence-electron chi connectivity index (χ0n) is 22.4. The lowest BCUT2D eigenvalue weighted by atomic mass is 10.1. The first kappa shape index (κ1) is 28.9. The summed E-state index contributed by atoms with van der Waals surface area (Å²) in [5.74, 6) is -0.707. The smallest absolute Gasteiger partial charge is 0.410 e. The molecule has 0 saturated carbocycles. The first-order valence-corrected chi connectivity index (χ1v) is 13.8. The topological polar surface area (TPSA) is 117 Å². The molecule has 2 aliphatic rings. The van der Waals surface area contributed by atoms with Gasteiger partial charge in [-0.1, -0.05) is 11.6 Å². The lowest BCUT2D eigenvalue weighted by molar-refractivity contribution is -0.136. The van der Waals surface area contributed by atoms with Crippen LogP contribution in [0.15, 0.2) is 29.0 Å². The average molecular weight is 624 g/mol. The Morgan fingerprint density at radius 1 is 1.05 bits per heavy atom. The van der Waals surface area contributed by atoms with Gasteiger partial charge in [0.1, 0.15) is 10.2 Å². The van der Waals surface area contributed by atoms with E-state index >= 15 is 0 Å². The van der Waals surface area contributed by atoms with Crippen LogP contribution in [-0.4, -0.2) is 92.9 Å². The molecule has 13 heteroatoms. The minimum atomic E-state index is -0.587. The Labute approximate surface area is 240 Å². The maximum atomic E-state index is 13.2. The molecular weight excluding hydrogens is 592 g/mol. The Balaban J connectivity index is 1.30. The summed E-state index contributed by atoms with van der Waals surface area (Å²) >= 11 is 9.72. The second-order valence-electron chi connectivity index (χ2n) is 10.6. The molecule has 1 aromatic carbocycles. The van der Waals surface area contributed by atoms with Crippen LogP contribution in [0.5, 0.6) is 0 Å². The fourth-order valence-corrected chi connectivity index (χ4v) is 5.10. The number of piperazine rings is 1. The van der Waals surface area contributed by atoms with Gasteiger partial charge in [0.2, 0.25) is 5.91 Å². The van der Waals surface area contributed by atoms with Crippen LogP contribution < -0.4 is 5.32 Å². The maximum Gasteiger partial charge on any atom is 0.410 e. The van der Waals surface area contributed by atoms with Crippen molar-refractivity contribution >= 4 is 57.0 Å².